The number of nitrogens with zero attached hydrogens (tertiary/aromatic N) is 2. The molecule has 0 spiro atoms. The van der Waals surface area contributed by atoms with Crippen molar-refractivity contribution in [2.24, 2.45) is 0 Å². The smallest absolute Gasteiger partial charge is 0.320 e. The molecule has 2 rings (SSSR count). The first-order valence-corrected chi connectivity index (χ1v) is 6.33. The van der Waals surface area contributed by atoms with Gasteiger partial charge in [-0.3, -0.25) is 0 Å². The second kappa shape index (κ2) is 5.40. The van der Waals surface area contributed by atoms with Gasteiger partial charge < -0.3 is 15.1 Å². The molecule has 0 amide bonds. The van der Waals surface area contributed by atoms with Gasteiger partial charge >= 0.3 is 6.01 Å². The van der Waals surface area contributed by atoms with Gasteiger partial charge in [-0.1, -0.05) is 22.8 Å². The lowest BCUT2D eigenvalue weighted by atomic mass is 10.1. The van der Waals surface area contributed by atoms with Gasteiger partial charge in [0.25, 0.3) is 0 Å². The molecular weight excluding hydrogens is 240 g/mol. The van der Waals surface area contributed by atoms with Crippen LogP contribution in [-0.2, 0) is 6.54 Å². The minimum Gasteiger partial charge on any atom is -0.406 e. The van der Waals surface area contributed by atoms with E-state index >= 15 is 0 Å². The Balaban J connectivity index is 1.95. The Bertz CT molecular complexity index is 525. The maximum absolute atomic E-state index is 5.52. The van der Waals surface area contributed by atoms with E-state index in [4.69, 9.17) is 4.42 Å². The highest BCUT2D eigenvalue weighted by Gasteiger charge is 2.12. The molecule has 19 heavy (non-hydrogen) atoms. The van der Waals surface area contributed by atoms with Crippen LogP contribution in [0.3, 0.4) is 0 Å². The molecule has 2 aromatic rings. The summed E-state index contributed by atoms with van der Waals surface area (Å²) in [5.74, 6) is 0.574. The molecule has 1 aromatic carbocycles. The number of aryl methyl sites for hydroxylation is 1. The Morgan fingerprint density at radius 1 is 1.11 bits per heavy atom. The standard InChI is InChI=1S/C14H20N4O/c1-10-5-7-11(8-6-10)16-13-18-17-12(19-13)9-15-14(2,3)4/h5-8,15H,9H2,1-4H3,(H,16,18). The van der Waals surface area contributed by atoms with Crippen molar-refractivity contribution in [3.05, 3.63) is 35.7 Å². The van der Waals surface area contributed by atoms with Gasteiger partial charge in [0.2, 0.25) is 5.89 Å². The maximum atomic E-state index is 5.52. The van der Waals surface area contributed by atoms with Gasteiger partial charge in [0, 0.05) is 11.2 Å². The number of nitrogens with one attached hydrogen (secondary N) is 2. The normalized spacial score (nSPS) is 11.6. The van der Waals surface area contributed by atoms with Crippen LogP contribution in [0.1, 0.15) is 32.2 Å². The van der Waals surface area contributed by atoms with Crippen LogP contribution in [0, 0.1) is 6.92 Å². The van der Waals surface area contributed by atoms with Crippen LogP contribution < -0.4 is 10.6 Å². The molecule has 0 saturated carbocycles. The molecule has 0 aliphatic rings. The van der Waals surface area contributed by atoms with Crippen molar-refractivity contribution in [1.29, 1.82) is 0 Å². The van der Waals surface area contributed by atoms with Crippen molar-refractivity contribution in [3.8, 4) is 0 Å². The second-order valence-electron chi connectivity index (χ2n) is 5.60. The van der Waals surface area contributed by atoms with Gasteiger partial charge in [0.1, 0.15) is 0 Å². The highest BCUT2D eigenvalue weighted by Crippen LogP contribution is 2.15. The molecular formula is C14H20N4O. The number of rotatable bonds is 4. The lowest BCUT2D eigenvalue weighted by Crippen LogP contribution is -2.35. The molecule has 5 nitrogen and oxygen atoms in total. The predicted molar refractivity (Wildman–Crippen MR) is 75.4 cm³/mol. The topological polar surface area (TPSA) is 63.0 Å². The summed E-state index contributed by atoms with van der Waals surface area (Å²) in [6, 6.07) is 8.43. The SMILES string of the molecule is Cc1ccc(Nc2nnc(CNC(C)(C)C)o2)cc1. The summed E-state index contributed by atoms with van der Waals surface area (Å²) >= 11 is 0. The Labute approximate surface area is 113 Å². The molecule has 1 heterocycles. The van der Waals surface area contributed by atoms with Gasteiger partial charge in [-0.05, 0) is 39.8 Å². The fourth-order valence-electron chi connectivity index (χ4n) is 1.48. The molecule has 0 fully saturated rings. The van der Waals surface area contributed by atoms with Crippen molar-refractivity contribution in [3.63, 3.8) is 0 Å². The summed E-state index contributed by atoms with van der Waals surface area (Å²) in [7, 11) is 0. The van der Waals surface area contributed by atoms with Gasteiger partial charge in [0.15, 0.2) is 0 Å². The number of hydrogen-bond donors (Lipinski definition) is 2. The largest absolute Gasteiger partial charge is 0.406 e. The molecule has 0 radical (unpaired) electrons. The number of aromatic nitrogens is 2. The zero-order chi connectivity index (χ0) is 13.9. The highest BCUT2D eigenvalue weighted by molar-refractivity contribution is 5.52. The summed E-state index contributed by atoms with van der Waals surface area (Å²) in [4.78, 5) is 0. The van der Waals surface area contributed by atoms with Crippen molar-refractivity contribution >= 4 is 11.7 Å². The number of anilines is 2. The van der Waals surface area contributed by atoms with Gasteiger partial charge in [0.05, 0.1) is 6.54 Å². The van der Waals surface area contributed by atoms with Crippen molar-refractivity contribution < 1.29 is 4.42 Å². The quantitative estimate of drug-likeness (QED) is 0.884. The van der Waals surface area contributed by atoms with E-state index in [9.17, 15) is 0 Å². The van der Waals surface area contributed by atoms with E-state index in [2.05, 4.69) is 41.6 Å². The maximum Gasteiger partial charge on any atom is 0.320 e. The minimum atomic E-state index is 0.0268. The summed E-state index contributed by atoms with van der Waals surface area (Å²) in [5, 5.41) is 14.3. The van der Waals surface area contributed by atoms with Gasteiger partial charge in [-0.15, -0.1) is 5.10 Å². The third-order valence-electron chi connectivity index (χ3n) is 2.54. The first kappa shape index (κ1) is 13.5. The Morgan fingerprint density at radius 2 is 1.79 bits per heavy atom. The van der Waals surface area contributed by atoms with E-state index < -0.39 is 0 Å². The van der Waals surface area contributed by atoms with Crippen LogP contribution in [0.25, 0.3) is 0 Å². The Kier molecular flexibility index (Phi) is 3.85. The summed E-state index contributed by atoms with van der Waals surface area (Å²) in [6.45, 7) is 8.89. The molecule has 1 aromatic heterocycles. The third kappa shape index (κ3) is 4.37. The second-order valence-corrected chi connectivity index (χ2v) is 5.60. The van der Waals surface area contributed by atoms with E-state index in [1.807, 2.05) is 31.2 Å². The third-order valence-corrected chi connectivity index (χ3v) is 2.54. The zero-order valence-electron chi connectivity index (χ0n) is 11.8. The van der Waals surface area contributed by atoms with Crippen molar-refractivity contribution in [2.75, 3.05) is 5.32 Å². The van der Waals surface area contributed by atoms with E-state index in [0.29, 0.717) is 18.5 Å². The minimum absolute atomic E-state index is 0.0268. The lowest BCUT2D eigenvalue weighted by Gasteiger charge is -2.18. The highest BCUT2D eigenvalue weighted by atomic mass is 16.4. The van der Waals surface area contributed by atoms with E-state index in [-0.39, 0.29) is 5.54 Å². The zero-order valence-corrected chi connectivity index (χ0v) is 11.8. The van der Waals surface area contributed by atoms with Gasteiger partial charge in [-0.25, -0.2) is 0 Å². The molecule has 0 aliphatic carbocycles. The monoisotopic (exact) mass is 260 g/mol. The van der Waals surface area contributed by atoms with Crippen molar-refractivity contribution in [1.82, 2.24) is 15.5 Å². The molecule has 0 bridgehead atoms. The van der Waals surface area contributed by atoms with Crippen LogP contribution in [0.5, 0.6) is 0 Å². The van der Waals surface area contributed by atoms with E-state index in [0.717, 1.165) is 5.69 Å². The molecule has 2 N–H and O–H groups in total. The molecule has 5 heteroatoms. The average Bonchev–Trinajstić information content (AvgIpc) is 2.77. The first-order valence-electron chi connectivity index (χ1n) is 6.33. The van der Waals surface area contributed by atoms with Crippen LogP contribution in [-0.4, -0.2) is 15.7 Å². The number of hydrogen-bond acceptors (Lipinski definition) is 5. The van der Waals surface area contributed by atoms with Crippen LogP contribution in [0.15, 0.2) is 28.7 Å². The Hall–Kier alpha value is -1.88. The average molecular weight is 260 g/mol. The summed E-state index contributed by atoms with van der Waals surface area (Å²) in [5.41, 5.74) is 2.18. The molecule has 0 saturated heterocycles. The fraction of sp³-hybridized carbons (Fsp3) is 0.429. The fourth-order valence-corrected chi connectivity index (χ4v) is 1.48. The van der Waals surface area contributed by atoms with Crippen LogP contribution in [0.4, 0.5) is 11.7 Å². The van der Waals surface area contributed by atoms with Crippen LogP contribution >= 0.6 is 0 Å². The van der Waals surface area contributed by atoms with E-state index in [1.165, 1.54) is 5.56 Å². The van der Waals surface area contributed by atoms with Crippen molar-refractivity contribution in [2.45, 2.75) is 39.8 Å². The Morgan fingerprint density at radius 3 is 2.42 bits per heavy atom. The van der Waals surface area contributed by atoms with E-state index in [1.54, 1.807) is 0 Å². The molecule has 0 unspecified atom stereocenters. The lowest BCUT2D eigenvalue weighted by molar-refractivity contribution is 0.384. The molecule has 0 aliphatic heterocycles. The molecule has 0 atom stereocenters. The first-order chi connectivity index (χ1) is 8.92. The van der Waals surface area contributed by atoms with Crippen LogP contribution in [0.2, 0.25) is 0 Å². The van der Waals surface area contributed by atoms with Gasteiger partial charge in [-0.2, -0.15) is 0 Å². The predicted octanol–water partition coefficient (Wildman–Crippen LogP) is 3.01. The summed E-state index contributed by atoms with van der Waals surface area (Å²) in [6.07, 6.45) is 0. The summed E-state index contributed by atoms with van der Waals surface area (Å²) < 4.78 is 5.52. The number of benzene rings is 1. The molecule has 102 valence electrons.